The standard InChI is InChI=1S/C28H28N2O2S2.Pt/c31-25-11-9-19(27-7-3-13-33-27)15-21(25)17-29-23-5-1-2-6-24(23)30-18-22-16-20(10-12-26(22)32)28-8-4-14-34-28;/h1-2,5-6,9-12,15-18,27-28,31-32H,3-4,7-8,13-14H2;. The summed E-state index contributed by atoms with van der Waals surface area (Å²) in [6.45, 7) is 0. The quantitative estimate of drug-likeness (QED) is 0.261. The molecule has 2 aliphatic heterocycles. The number of benzene rings is 3. The van der Waals surface area contributed by atoms with Crippen molar-refractivity contribution in [2.24, 2.45) is 9.98 Å². The molecule has 2 heterocycles. The van der Waals surface area contributed by atoms with Crippen LogP contribution in [-0.4, -0.2) is 34.1 Å². The molecule has 0 spiro atoms. The van der Waals surface area contributed by atoms with E-state index in [1.807, 2.05) is 72.1 Å². The van der Waals surface area contributed by atoms with Crippen molar-refractivity contribution < 1.29 is 31.3 Å². The predicted octanol–water partition coefficient (Wildman–Crippen LogP) is 7.73. The summed E-state index contributed by atoms with van der Waals surface area (Å²) in [5, 5.41) is 21.7. The molecule has 7 heteroatoms. The molecule has 184 valence electrons. The predicted molar refractivity (Wildman–Crippen MR) is 146 cm³/mol. The van der Waals surface area contributed by atoms with Gasteiger partial charge in [-0.3, -0.25) is 9.98 Å². The molecule has 2 N–H and O–H groups in total. The van der Waals surface area contributed by atoms with Gasteiger partial charge in [0.15, 0.2) is 0 Å². The van der Waals surface area contributed by atoms with E-state index >= 15 is 0 Å². The number of para-hydroxylation sites is 2. The number of thioether (sulfide) groups is 2. The summed E-state index contributed by atoms with van der Waals surface area (Å²) in [5.74, 6) is 2.84. The minimum absolute atomic E-state index is 0. The Labute approximate surface area is 229 Å². The van der Waals surface area contributed by atoms with Crippen molar-refractivity contribution in [3.05, 3.63) is 82.9 Å². The van der Waals surface area contributed by atoms with Gasteiger partial charge in [0, 0.05) is 55.1 Å². The van der Waals surface area contributed by atoms with E-state index in [2.05, 4.69) is 9.98 Å². The SMILES string of the molecule is Oc1ccc(C2CCCS2)cc1C=Nc1ccccc1N=Cc1cc(C2CCCS2)ccc1O.[Pt]. The van der Waals surface area contributed by atoms with Crippen molar-refractivity contribution in [1.29, 1.82) is 0 Å². The molecule has 2 saturated heterocycles. The molecule has 0 radical (unpaired) electrons. The van der Waals surface area contributed by atoms with Crippen LogP contribution >= 0.6 is 23.5 Å². The Hall–Kier alpha value is -2.01. The molecule has 4 nitrogen and oxygen atoms in total. The van der Waals surface area contributed by atoms with E-state index in [1.54, 1.807) is 24.6 Å². The van der Waals surface area contributed by atoms with Crippen LogP contribution in [-0.2, 0) is 21.1 Å². The van der Waals surface area contributed by atoms with Crippen LogP contribution < -0.4 is 0 Å². The van der Waals surface area contributed by atoms with Gasteiger partial charge in [-0.1, -0.05) is 24.3 Å². The fourth-order valence-corrected chi connectivity index (χ4v) is 6.98. The van der Waals surface area contributed by atoms with Crippen LogP contribution in [0.15, 0.2) is 70.6 Å². The van der Waals surface area contributed by atoms with E-state index in [-0.39, 0.29) is 32.6 Å². The zero-order valence-electron chi connectivity index (χ0n) is 19.2. The van der Waals surface area contributed by atoms with Crippen LogP contribution in [0.3, 0.4) is 0 Å². The average Bonchev–Trinajstić information content (AvgIpc) is 3.58. The topological polar surface area (TPSA) is 65.2 Å². The molecule has 0 bridgehead atoms. The van der Waals surface area contributed by atoms with Crippen LogP contribution in [0.5, 0.6) is 11.5 Å². The maximum atomic E-state index is 10.4. The molecule has 2 atom stereocenters. The van der Waals surface area contributed by atoms with E-state index in [9.17, 15) is 10.2 Å². The monoisotopic (exact) mass is 683 g/mol. The molecular weight excluding hydrogens is 656 g/mol. The summed E-state index contributed by atoms with van der Waals surface area (Å²) in [6.07, 6.45) is 8.25. The van der Waals surface area contributed by atoms with E-state index in [0.717, 1.165) is 0 Å². The van der Waals surface area contributed by atoms with Crippen molar-refractivity contribution in [3.63, 3.8) is 0 Å². The molecule has 3 aromatic carbocycles. The summed E-state index contributed by atoms with van der Waals surface area (Å²) in [6, 6.07) is 19.3. The van der Waals surface area contributed by atoms with Crippen LogP contribution in [0.2, 0.25) is 0 Å². The van der Waals surface area contributed by atoms with Gasteiger partial charge < -0.3 is 10.2 Å². The summed E-state index contributed by atoms with van der Waals surface area (Å²) < 4.78 is 0. The average molecular weight is 684 g/mol. The van der Waals surface area contributed by atoms with Gasteiger partial charge in [0.2, 0.25) is 0 Å². The Morgan fingerprint density at radius 1 is 0.686 bits per heavy atom. The molecule has 5 rings (SSSR count). The van der Waals surface area contributed by atoms with Crippen LogP contribution in [0, 0.1) is 0 Å². The molecule has 3 aromatic rings. The van der Waals surface area contributed by atoms with Gasteiger partial charge in [0.25, 0.3) is 0 Å². The van der Waals surface area contributed by atoms with E-state index in [0.29, 0.717) is 33.0 Å². The van der Waals surface area contributed by atoms with Gasteiger partial charge in [-0.05, 0) is 84.7 Å². The summed E-state index contributed by atoms with van der Waals surface area (Å²) in [5.41, 5.74) is 5.32. The van der Waals surface area contributed by atoms with Gasteiger partial charge in [-0.15, -0.1) is 0 Å². The van der Waals surface area contributed by atoms with Gasteiger partial charge in [-0.25, -0.2) is 0 Å². The molecule has 35 heavy (non-hydrogen) atoms. The second kappa shape index (κ2) is 12.3. The molecular formula is C28H28N2O2PtS2. The second-order valence-electron chi connectivity index (χ2n) is 8.64. The number of hydrogen-bond acceptors (Lipinski definition) is 6. The molecule has 2 unspecified atom stereocenters. The first-order chi connectivity index (χ1) is 16.7. The maximum absolute atomic E-state index is 10.4. The number of phenols is 2. The number of phenolic OH excluding ortho intramolecular Hbond substituents is 2. The fraction of sp³-hybridized carbons (Fsp3) is 0.286. The van der Waals surface area contributed by atoms with Gasteiger partial charge in [0.05, 0.1) is 11.4 Å². The third-order valence-corrected chi connectivity index (χ3v) is 9.14. The van der Waals surface area contributed by atoms with Crippen molar-refractivity contribution in [2.45, 2.75) is 36.2 Å². The van der Waals surface area contributed by atoms with Crippen molar-refractivity contribution in [3.8, 4) is 11.5 Å². The molecule has 0 saturated carbocycles. The van der Waals surface area contributed by atoms with Crippen molar-refractivity contribution in [1.82, 2.24) is 0 Å². The molecule has 2 aliphatic rings. The number of rotatable bonds is 6. The molecule has 0 aliphatic carbocycles. The van der Waals surface area contributed by atoms with Crippen LogP contribution in [0.1, 0.15) is 58.4 Å². The number of aromatic hydroxyl groups is 2. The number of hydrogen-bond donors (Lipinski definition) is 2. The zero-order chi connectivity index (χ0) is 23.3. The van der Waals surface area contributed by atoms with E-state index in [1.165, 1.54) is 48.3 Å². The Morgan fingerprint density at radius 3 is 1.54 bits per heavy atom. The molecule has 0 amide bonds. The second-order valence-corrected chi connectivity index (χ2v) is 11.3. The third-order valence-electron chi connectivity index (χ3n) is 6.27. The first kappa shape index (κ1) is 26.1. The fourth-order valence-electron chi connectivity index (χ4n) is 4.40. The first-order valence-electron chi connectivity index (χ1n) is 11.7. The minimum atomic E-state index is 0. The van der Waals surface area contributed by atoms with E-state index in [4.69, 9.17) is 0 Å². The molecule has 2 fully saturated rings. The minimum Gasteiger partial charge on any atom is -0.507 e. The Kier molecular flexibility index (Phi) is 9.15. The van der Waals surface area contributed by atoms with Crippen molar-refractivity contribution in [2.75, 3.05) is 11.5 Å². The normalized spacial score (nSPS) is 20.0. The number of aliphatic imine (C=N–C) groups is 2. The van der Waals surface area contributed by atoms with Gasteiger partial charge in [-0.2, -0.15) is 23.5 Å². The Morgan fingerprint density at radius 2 is 1.14 bits per heavy atom. The summed E-state index contributed by atoms with van der Waals surface area (Å²) in [7, 11) is 0. The maximum Gasteiger partial charge on any atom is 0.124 e. The third kappa shape index (κ3) is 6.41. The van der Waals surface area contributed by atoms with E-state index < -0.39 is 0 Å². The first-order valence-corrected chi connectivity index (χ1v) is 13.8. The van der Waals surface area contributed by atoms with Gasteiger partial charge in [0.1, 0.15) is 11.5 Å². The number of nitrogens with zero attached hydrogens (tertiary/aromatic N) is 2. The smallest absolute Gasteiger partial charge is 0.124 e. The Bertz CT molecular complexity index is 1120. The summed E-state index contributed by atoms with van der Waals surface area (Å²) in [4.78, 5) is 9.30. The Balaban J connectivity index is 0.00000289. The van der Waals surface area contributed by atoms with Crippen molar-refractivity contribution >= 4 is 47.3 Å². The zero-order valence-corrected chi connectivity index (χ0v) is 23.2. The molecule has 0 aromatic heterocycles. The van der Waals surface area contributed by atoms with Gasteiger partial charge >= 0.3 is 0 Å². The summed E-state index contributed by atoms with van der Waals surface area (Å²) >= 11 is 3.95. The largest absolute Gasteiger partial charge is 0.507 e. The van der Waals surface area contributed by atoms with Crippen LogP contribution in [0.4, 0.5) is 11.4 Å². The van der Waals surface area contributed by atoms with Crippen LogP contribution in [0.25, 0.3) is 0 Å².